The number of nitrogens with one attached hydrogen (secondary N) is 1. The fraction of sp³-hybridized carbons (Fsp3) is 0.714. The third kappa shape index (κ3) is 3.13. The largest absolute Gasteiger partial charge is 0.332 e. The van der Waals surface area contributed by atoms with Gasteiger partial charge < -0.3 is 9.88 Å². The van der Waals surface area contributed by atoms with Crippen LogP contribution in [0.4, 0.5) is 0 Å². The highest BCUT2D eigenvalue weighted by Gasteiger charge is 1.95. The molecule has 0 aliphatic carbocycles. The number of aryl methyl sites for hydroxylation is 1. The molecule has 0 aliphatic rings. The molecule has 0 bridgehead atoms. The van der Waals surface area contributed by atoms with E-state index in [2.05, 4.69) is 34.2 Å². The van der Waals surface area contributed by atoms with Crippen molar-refractivity contribution in [3.05, 3.63) is 12.2 Å². The number of nitrogens with zero attached hydrogens (tertiary/aromatic N) is 3. The van der Waals surface area contributed by atoms with Crippen molar-refractivity contribution >= 4 is 0 Å². The second kappa shape index (κ2) is 4.08. The molecule has 1 N–H and O–H groups in total. The Balaban J connectivity index is 2.14. The summed E-state index contributed by atoms with van der Waals surface area (Å²) in [5.41, 5.74) is 0. The van der Waals surface area contributed by atoms with E-state index in [-0.39, 0.29) is 0 Å². The van der Waals surface area contributed by atoms with Crippen LogP contribution in [0.15, 0.2) is 6.33 Å². The molecule has 0 radical (unpaired) electrons. The van der Waals surface area contributed by atoms with Crippen LogP contribution in [-0.2, 0) is 6.42 Å². The van der Waals surface area contributed by atoms with Gasteiger partial charge in [0, 0.05) is 6.42 Å². The monoisotopic (exact) mass is 154 g/mol. The quantitative estimate of drug-likeness (QED) is 0.678. The van der Waals surface area contributed by atoms with Crippen LogP contribution in [-0.4, -0.2) is 40.7 Å². The van der Waals surface area contributed by atoms with E-state index in [1.165, 1.54) is 0 Å². The third-order valence-electron chi connectivity index (χ3n) is 1.49. The van der Waals surface area contributed by atoms with Crippen LogP contribution >= 0.6 is 0 Å². The van der Waals surface area contributed by atoms with E-state index in [0.717, 1.165) is 25.2 Å². The lowest BCUT2D eigenvalue weighted by Gasteiger charge is -2.06. The average Bonchev–Trinajstić information content (AvgIpc) is 2.39. The molecule has 0 unspecified atom stereocenters. The first-order valence-electron chi connectivity index (χ1n) is 3.78. The average molecular weight is 154 g/mol. The van der Waals surface area contributed by atoms with Gasteiger partial charge >= 0.3 is 0 Å². The third-order valence-corrected chi connectivity index (χ3v) is 1.49. The van der Waals surface area contributed by atoms with Crippen molar-refractivity contribution in [2.75, 3.05) is 20.6 Å². The first kappa shape index (κ1) is 8.20. The van der Waals surface area contributed by atoms with Crippen LogP contribution in [0.3, 0.4) is 0 Å². The summed E-state index contributed by atoms with van der Waals surface area (Å²) in [6.07, 6.45) is 3.73. The fourth-order valence-corrected chi connectivity index (χ4v) is 0.916. The number of rotatable bonds is 4. The normalized spacial score (nSPS) is 10.8. The Kier molecular flexibility index (Phi) is 3.04. The molecule has 0 atom stereocenters. The Morgan fingerprint density at radius 2 is 2.36 bits per heavy atom. The van der Waals surface area contributed by atoms with Crippen LogP contribution in [0, 0.1) is 0 Å². The van der Waals surface area contributed by atoms with Gasteiger partial charge in [0.15, 0.2) is 0 Å². The van der Waals surface area contributed by atoms with Gasteiger partial charge in [-0.25, -0.2) is 0 Å². The molecule has 62 valence electrons. The van der Waals surface area contributed by atoms with Gasteiger partial charge in [0.2, 0.25) is 0 Å². The summed E-state index contributed by atoms with van der Waals surface area (Å²) < 4.78 is 0. The SMILES string of the molecule is CN(C)CCCc1nnc[nH]1. The lowest BCUT2D eigenvalue weighted by Crippen LogP contribution is -2.13. The molecule has 0 aliphatic heterocycles. The maximum atomic E-state index is 3.89. The Bertz CT molecular complexity index is 180. The summed E-state index contributed by atoms with van der Waals surface area (Å²) >= 11 is 0. The van der Waals surface area contributed by atoms with Crippen molar-refractivity contribution in [3.63, 3.8) is 0 Å². The molecular formula is C7H14N4. The van der Waals surface area contributed by atoms with Gasteiger partial charge in [-0.3, -0.25) is 0 Å². The van der Waals surface area contributed by atoms with Crippen LogP contribution in [0.1, 0.15) is 12.2 Å². The van der Waals surface area contributed by atoms with Gasteiger partial charge in [0.1, 0.15) is 12.2 Å². The molecule has 0 spiro atoms. The second-order valence-corrected chi connectivity index (χ2v) is 2.84. The van der Waals surface area contributed by atoms with Crippen LogP contribution < -0.4 is 0 Å². The molecule has 4 heteroatoms. The summed E-state index contributed by atoms with van der Waals surface area (Å²) in [5, 5.41) is 7.59. The lowest BCUT2D eigenvalue weighted by molar-refractivity contribution is 0.398. The second-order valence-electron chi connectivity index (χ2n) is 2.84. The van der Waals surface area contributed by atoms with Crippen molar-refractivity contribution in [3.8, 4) is 0 Å². The van der Waals surface area contributed by atoms with Crippen LogP contribution in [0.2, 0.25) is 0 Å². The van der Waals surface area contributed by atoms with Crippen LogP contribution in [0.5, 0.6) is 0 Å². The molecule has 1 aromatic heterocycles. The maximum absolute atomic E-state index is 3.89. The Hall–Kier alpha value is -0.900. The Morgan fingerprint density at radius 3 is 2.91 bits per heavy atom. The van der Waals surface area contributed by atoms with Gasteiger partial charge in [-0.1, -0.05) is 0 Å². The molecule has 0 saturated carbocycles. The molecule has 1 heterocycles. The summed E-state index contributed by atoms with van der Waals surface area (Å²) in [5.74, 6) is 0.979. The molecule has 4 nitrogen and oxygen atoms in total. The Morgan fingerprint density at radius 1 is 1.55 bits per heavy atom. The lowest BCUT2D eigenvalue weighted by atomic mass is 10.3. The van der Waals surface area contributed by atoms with E-state index in [1.54, 1.807) is 6.33 Å². The minimum atomic E-state index is 0.979. The summed E-state index contributed by atoms with van der Waals surface area (Å²) in [7, 11) is 4.14. The number of H-pyrrole nitrogens is 1. The minimum Gasteiger partial charge on any atom is -0.332 e. The topological polar surface area (TPSA) is 44.8 Å². The molecule has 1 aromatic rings. The van der Waals surface area contributed by atoms with Crippen LogP contribution in [0.25, 0.3) is 0 Å². The highest BCUT2D eigenvalue weighted by atomic mass is 15.2. The molecular weight excluding hydrogens is 140 g/mol. The summed E-state index contributed by atoms with van der Waals surface area (Å²) in [6, 6.07) is 0. The van der Waals surface area contributed by atoms with E-state index in [0.29, 0.717) is 0 Å². The minimum absolute atomic E-state index is 0.979. The highest BCUT2D eigenvalue weighted by molar-refractivity contribution is 4.79. The van der Waals surface area contributed by atoms with E-state index < -0.39 is 0 Å². The van der Waals surface area contributed by atoms with Gasteiger partial charge in [0.05, 0.1) is 0 Å². The van der Waals surface area contributed by atoms with Gasteiger partial charge in [0.25, 0.3) is 0 Å². The smallest absolute Gasteiger partial charge is 0.130 e. The maximum Gasteiger partial charge on any atom is 0.130 e. The molecule has 0 amide bonds. The zero-order valence-corrected chi connectivity index (χ0v) is 7.04. The predicted molar refractivity (Wildman–Crippen MR) is 43.3 cm³/mol. The van der Waals surface area contributed by atoms with Crippen molar-refractivity contribution < 1.29 is 0 Å². The van der Waals surface area contributed by atoms with Crippen molar-refractivity contribution in [1.82, 2.24) is 20.1 Å². The van der Waals surface area contributed by atoms with E-state index >= 15 is 0 Å². The van der Waals surface area contributed by atoms with Crippen molar-refractivity contribution in [2.45, 2.75) is 12.8 Å². The molecule has 0 aromatic carbocycles. The zero-order valence-electron chi connectivity index (χ0n) is 7.04. The highest BCUT2D eigenvalue weighted by Crippen LogP contribution is 1.93. The van der Waals surface area contributed by atoms with Gasteiger partial charge in [-0.2, -0.15) is 0 Å². The summed E-state index contributed by atoms with van der Waals surface area (Å²) in [4.78, 5) is 5.13. The van der Waals surface area contributed by atoms with Gasteiger partial charge in [-0.15, -0.1) is 10.2 Å². The van der Waals surface area contributed by atoms with Crippen molar-refractivity contribution in [1.29, 1.82) is 0 Å². The van der Waals surface area contributed by atoms with Gasteiger partial charge in [-0.05, 0) is 27.1 Å². The molecule has 0 saturated heterocycles. The van der Waals surface area contributed by atoms with E-state index in [4.69, 9.17) is 0 Å². The number of hydrogen-bond acceptors (Lipinski definition) is 3. The number of aromatic amines is 1. The van der Waals surface area contributed by atoms with Crippen molar-refractivity contribution in [2.24, 2.45) is 0 Å². The molecule has 0 fully saturated rings. The number of hydrogen-bond donors (Lipinski definition) is 1. The van der Waals surface area contributed by atoms with E-state index in [1.807, 2.05) is 0 Å². The fourth-order valence-electron chi connectivity index (χ4n) is 0.916. The zero-order chi connectivity index (χ0) is 8.10. The van der Waals surface area contributed by atoms with E-state index in [9.17, 15) is 0 Å². The first-order chi connectivity index (χ1) is 5.29. The predicted octanol–water partition coefficient (Wildman–Crippen LogP) is 0.299. The summed E-state index contributed by atoms with van der Waals surface area (Å²) in [6.45, 7) is 1.10. The molecule has 1 rings (SSSR count). The molecule has 11 heavy (non-hydrogen) atoms. The standard InChI is InChI=1S/C7H14N4/c1-11(2)5-3-4-7-8-6-9-10-7/h6H,3-5H2,1-2H3,(H,8,9,10). The number of aromatic nitrogens is 3. The first-order valence-corrected chi connectivity index (χ1v) is 3.78. The Labute approximate surface area is 66.6 Å².